The molecular formula is C11H15ClOS2. The topological polar surface area (TPSA) is 20.2 Å². The first-order chi connectivity index (χ1) is 7.27. The van der Waals surface area contributed by atoms with Gasteiger partial charge in [0.05, 0.1) is 16.0 Å². The van der Waals surface area contributed by atoms with Gasteiger partial charge in [-0.05, 0) is 48.1 Å². The van der Waals surface area contributed by atoms with Crippen LogP contribution in [0.15, 0.2) is 11.4 Å². The molecule has 1 aromatic heterocycles. The molecule has 1 fully saturated rings. The summed E-state index contributed by atoms with van der Waals surface area (Å²) in [5, 5.41) is 12.7. The number of aliphatic hydroxyl groups is 1. The van der Waals surface area contributed by atoms with Gasteiger partial charge in [0.2, 0.25) is 0 Å². The molecule has 0 saturated carbocycles. The lowest BCUT2D eigenvalue weighted by Crippen LogP contribution is -2.13. The van der Waals surface area contributed by atoms with E-state index in [1.54, 1.807) is 11.3 Å². The molecular weight excluding hydrogens is 248 g/mol. The predicted molar refractivity (Wildman–Crippen MR) is 69.0 cm³/mol. The maximum atomic E-state index is 10.1. The van der Waals surface area contributed by atoms with Crippen molar-refractivity contribution >= 4 is 34.7 Å². The maximum Gasteiger partial charge on any atom is 0.0899 e. The van der Waals surface area contributed by atoms with Crippen LogP contribution in [-0.4, -0.2) is 16.6 Å². The molecule has 15 heavy (non-hydrogen) atoms. The van der Waals surface area contributed by atoms with Gasteiger partial charge < -0.3 is 5.11 Å². The van der Waals surface area contributed by atoms with Gasteiger partial charge in [0.15, 0.2) is 0 Å². The van der Waals surface area contributed by atoms with Crippen LogP contribution in [0, 0.1) is 5.92 Å². The average Bonchev–Trinajstić information content (AvgIpc) is 2.66. The highest BCUT2D eigenvalue weighted by molar-refractivity contribution is 7.99. The molecule has 4 heteroatoms. The van der Waals surface area contributed by atoms with Gasteiger partial charge in [0.25, 0.3) is 0 Å². The normalized spacial score (nSPS) is 20.4. The highest BCUT2D eigenvalue weighted by Crippen LogP contribution is 2.35. The molecule has 1 atom stereocenters. The molecule has 0 spiro atoms. The van der Waals surface area contributed by atoms with Crippen molar-refractivity contribution in [1.82, 2.24) is 0 Å². The largest absolute Gasteiger partial charge is 0.388 e. The van der Waals surface area contributed by atoms with Crippen LogP contribution in [-0.2, 0) is 0 Å². The molecule has 0 radical (unpaired) electrons. The molecule has 1 aromatic rings. The number of thioether (sulfide) groups is 1. The summed E-state index contributed by atoms with van der Waals surface area (Å²) in [7, 11) is 0. The highest BCUT2D eigenvalue weighted by atomic mass is 35.5. The Balaban J connectivity index is 1.91. The molecule has 0 bridgehead atoms. The van der Waals surface area contributed by atoms with Gasteiger partial charge in [0, 0.05) is 0 Å². The van der Waals surface area contributed by atoms with Crippen LogP contribution in [0.4, 0.5) is 0 Å². The number of halogens is 1. The van der Waals surface area contributed by atoms with E-state index in [1.165, 1.54) is 24.3 Å². The number of hydrogen-bond acceptors (Lipinski definition) is 3. The third kappa shape index (κ3) is 3.13. The van der Waals surface area contributed by atoms with Gasteiger partial charge in [-0.3, -0.25) is 0 Å². The van der Waals surface area contributed by atoms with E-state index in [2.05, 4.69) is 0 Å². The van der Waals surface area contributed by atoms with Gasteiger partial charge >= 0.3 is 0 Å². The fourth-order valence-corrected chi connectivity index (χ4v) is 4.33. The van der Waals surface area contributed by atoms with Crippen LogP contribution >= 0.6 is 34.7 Å². The first-order valence-electron chi connectivity index (χ1n) is 5.26. The van der Waals surface area contributed by atoms with Crippen LogP contribution in [0.5, 0.6) is 0 Å². The quantitative estimate of drug-likeness (QED) is 0.890. The fourth-order valence-electron chi connectivity index (χ4n) is 1.95. The van der Waals surface area contributed by atoms with Crippen molar-refractivity contribution < 1.29 is 5.11 Å². The third-order valence-electron chi connectivity index (χ3n) is 2.84. The summed E-state index contributed by atoms with van der Waals surface area (Å²) in [6.07, 6.45) is 3.00. The summed E-state index contributed by atoms with van der Waals surface area (Å²) in [5.74, 6) is 3.17. The van der Waals surface area contributed by atoms with Crippen LogP contribution in [0.2, 0.25) is 5.02 Å². The Bertz CT molecular complexity index is 307. The van der Waals surface area contributed by atoms with Crippen molar-refractivity contribution in [1.29, 1.82) is 0 Å². The summed E-state index contributed by atoms with van der Waals surface area (Å²) < 4.78 is 0. The molecule has 0 amide bonds. The second-order valence-corrected chi connectivity index (χ2v) is 6.52. The van der Waals surface area contributed by atoms with Gasteiger partial charge in [-0.2, -0.15) is 11.8 Å². The maximum absolute atomic E-state index is 10.1. The summed E-state index contributed by atoms with van der Waals surface area (Å²) in [6.45, 7) is 0. The zero-order chi connectivity index (χ0) is 10.7. The third-order valence-corrected chi connectivity index (χ3v) is 5.35. The van der Waals surface area contributed by atoms with E-state index in [9.17, 15) is 5.11 Å². The van der Waals surface area contributed by atoms with Gasteiger partial charge in [-0.15, -0.1) is 11.3 Å². The second-order valence-electron chi connectivity index (χ2n) is 3.94. The minimum Gasteiger partial charge on any atom is -0.388 e. The summed E-state index contributed by atoms with van der Waals surface area (Å²) in [5.41, 5.74) is 0. The van der Waals surface area contributed by atoms with E-state index < -0.39 is 0 Å². The second kappa shape index (κ2) is 5.58. The Morgan fingerprint density at radius 3 is 2.80 bits per heavy atom. The van der Waals surface area contributed by atoms with Gasteiger partial charge in [-0.1, -0.05) is 11.6 Å². The Labute approximate surface area is 104 Å². The first-order valence-corrected chi connectivity index (χ1v) is 7.67. The van der Waals surface area contributed by atoms with E-state index in [0.29, 0.717) is 5.92 Å². The Morgan fingerprint density at radius 2 is 2.20 bits per heavy atom. The lowest BCUT2D eigenvalue weighted by atomic mass is 9.95. The van der Waals surface area contributed by atoms with Crippen molar-refractivity contribution in [2.24, 2.45) is 5.92 Å². The zero-order valence-electron chi connectivity index (χ0n) is 8.49. The standard InChI is InChI=1S/C11H15ClOS2/c12-9-3-6-15-11(9)10(13)7-8-1-4-14-5-2-8/h3,6,8,10,13H,1-2,4-5,7H2. The van der Waals surface area contributed by atoms with Crippen molar-refractivity contribution in [3.8, 4) is 0 Å². The Hall–Kier alpha value is 0.300. The van der Waals surface area contributed by atoms with Crippen molar-refractivity contribution in [2.75, 3.05) is 11.5 Å². The molecule has 0 aliphatic carbocycles. The van der Waals surface area contributed by atoms with Crippen molar-refractivity contribution in [3.63, 3.8) is 0 Å². The minimum atomic E-state index is -0.356. The van der Waals surface area contributed by atoms with Gasteiger partial charge in [-0.25, -0.2) is 0 Å². The molecule has 2 rings (SSSR count). The van der Waals surface area contributed by atoms with E-state index in [0.717, 1.165) is 16.3 Å². The highest BCUT2D eigenvalue weighted by Gasteiger charge is 2.20. The first kappa shape index (κ1) is 11.8. The van der Waals surface area contributed by atoms with E-state index in [-0.39, 0.29) is 6.10 Å². The lowest BCUT2D eigenvalue weighted by Gasteiger charge is -2.23. The fraction of sp³-hybridized carbons (Fsp3) is 0.636. The molecule has 1 nitrogen and oxygen atoms in total. The van der Waals surface area contributed by atoms with Crippen molar-refractivity contribution in [3.05, 3.63) is 21.3 Å². The number of hydrogen-bond donors (Lipinski definition) is 1. The van der Waals surface area contributed by atoms with Crippen LogP contribution < -0.4 is 0 Å². The smallest absolute Gasteiger partial charge is 0.0899 e. The number of rotatable bonds is 3. The molecule has 1 unspecified atom stereocenters. The van der Waals surface area contributed by atoms with E-state index in [4.69, 9.17) is 11.6 Å². The molecule has 0 aromatic carbocycles. The van der Waals surface area contributed by atoms with Gasteiger partial charge in [0.1, 0.15) is 0 Å². The van der Waals surface area contributed by atoms with Crippen LogP contribution in [0.3, 0.4) is 0 Å². The van der Waals surface area contributed by atoms with Crippen LogP contribution in [0.1, 0.15) is 30.2 Å². The molecule has 1 N–H and O–H groups in total. The molecule has 1 aliphatic rings. The van der Waals surface area contributed by atoms with Crippen molar-refractivity contribution in [2.45, 2.75) is 25.4 Å². The molecule has 84 valence electrons. The molecule has 1 aliphatic heterocycles. The predicted octanol–water partition coefficient (Wildman–Crippen LogP) is 3.97. The number of aliphatic hydroxyl groups excluding tert-OH is 1. The van der Waals surface area contributed by atoms with E-state index in [1.807, 2.05) is 23.2 Å². The lowest BCUT2D eigenvalue weighted by molar-refractivity contribution is 0.144. The zero-order valence-corrected chi connectivity index (χ0v) is 10.9. The SMILES string of the molecule is OC(CC1CCSCC1)c1sccc1Cl. The minimum absolute atomic E-state index is 0.356. The summed E-state index contributed by atoms with van der Waals surface area (Å²) in [6, 6.07) is 1.86. The summed E-state index contributed by atoms with van der Waals surface area (Å²) >= 11 is 9.58. The average molecular weight is 263 g/mol. The Morgan fingerprint density at radius 1 is 1.47 bits per heavy atom. The Kier molecular flexibility index (Phi) is 4.38. The molecule has 2 heterocycles. The summed E-state index contributed by atoms with van der Waals surface area (Å²) in [4.78, 5) is 0.940. The monoisotopic (exact) mass is 262 g/mol. The number of thiophene rings is 1. The molecule has 1 saturated heterocycles. The van der Waals surface area contributed by atoms with Crippen LogP contribution in [0.25, 0.3) is 0 Å². The van der Waals surface area contributed by atoms with E-state index >= 15 is 0 Å².